The molecule has 0 saturated carbocycles. The smallest absolute Gasteiger partial charge is 0.280 e. The number of amides is 1. The highest BCUT2D eigenvalue weighted by Crippen LogP contribution is 2.32. The van der Waals surface area contributed by atoms with E-state index >= 15 is 0 Å². The van der Waals surface area contributed by atoms with Gasteiger partial charge in [-0.3, -0.25) is 4.79 Å². The normalized spacial score (nSPS) is 11.3. The van der Waals surface area contributed by atoms with Crippen molar-refractivity contribution in [2.24, 2.45) is 5.10 Å². The van der Waals surface area contributed by atoms with E-state index in [1.54, 1.807) is 18.4 Å². The van der Waals surface area contributed by atoms with E-state index in [2.05, 4.69) is 26.0 Å². The number of benzene rings is 3. The predicted octanol–water partition coefficient (Wildman–Crippen LogP) is 7.00. The summed E-state index contributed by atoms with van der Waals surface area (Å²) >= 11 is 4.88. The standard InChI is InChI=1S/C25H16BrN3O2S/c26-20-12-13-22-23(15-20)32-25(28-22)29(27-16-21-7-4-14-31-21)24(30)19-10-8-18(9-11-19)17-5-2-1-3-6-17/h1-16H/b27-16+. The van der Waals surface area contributed by atoms with Crippen LogP contribution in [0.1, 0.15) is 16.1 Å². The van der Waals surface area contributed by atoms with Gasteiger partial charge < -0.3 is 4.42 Å². The van der Waals surface area contributed by atoms with Crippen molar-refractivity contribution in [2.75, 3.05) is 5.01 Å². The van der Waals surface area contributed by atoms with E-state index in [0.717, 1.165) is 25.8 Å². The molecule has 0 aliphatic carbocycles. The van der Waals surface area contributed by atoms with Gasteiger partial charge in [0, 0.05) is 10.0 Å². The summed E-state index contributed by atoms with van der Waals surface area (Å²) in [6.45, 7) is 0. The SMILES string of the molecule is O=C(c1ccc(-c2ccccc2)cc1)N(/N=C/c1ccco1)c1nc2ccc(Br)cc2s1. The molecule has 0 N–H and O–H groups in total. The highest BCUT2D eigenvalue weighted by Gasteiger charge is 2.21. The Bertz CT molecular complexity index is 1390. The Morgan fingerprint density at radius 2 is 1.75 bits per heavy atom. The fourth-order valence-electron chi connectivity index (χ4n) is 3.20. The minimum Gasteiger partial charge on any atom is -0.463 e. The maximum Gasteiger partial charge on any atom is 0.280 e. The summed E-state index contributed by atoms with van der Waals surface area (Å²) in [5, 5.41) is 6.21. The number of aromatic nitrogens is 1. The number of furan rings is 1. The summed E-state index contributed by atoms with van der Waals surface area (Å²) in [5.41, 5.74) is 3.45. The largest absolute Gasteiger partial charge is 0.463 e. The summed E-state index contributed by atoms with van der Waals surface area (Å²) in [5.74, 6) is 0.275. The lowest BCUT2D eigenvalue weighted by Crippen LogP contribution is -2.25. The van der Waals surface area contributed by atoms with Gasteiger partial charge in [-0.05, 0) is 53.6 Å². The van der Waals surface area contributed by atoms with Crippen LogP contribution in [0.4, 0.5) is 5.13 Å². The van der Waals surface area contributed by atoms with Crippen molar-refractivity contribution in [1.29, 1.82) is 0 Å². The minimum atomic E-state index is -0.273. The third-order valence-electron chi connectivity index (χ3n) is 4.80. The molecule has 0 atom stereocenters. The van der Waals surface area contributed by atoms with Gasteiger partial charge in [0.05, 0.1) is 22.7 Å². The van der Waals surface area contributed by atoms with Crippen molar-refractivity contribution in [1.82, 2.24) is 4.98 Å². The van der Waals surface area contributed by atoms with Crippen molar-refractivity contribution in [3.8, 4) is 11.1 Å². The van der Waals surface area contributed by atoms with E-state index in [1.807, 2.05) is 72.8 Å². The van der Waals surface area contributed by atoms with E-state index in [-0.39, 0.29) is 5.91 Å². The van der Waals surface area contributed by atoms with Gasteiger partial charge in [-0.1, -0.05) is 69.7 Å². The lowest BCUT2D eigenvalue weighted by molar-refractivity contribution is 0.0988. The Kier molecular flexibility index (Phi) is 5.66. The topological polar surface area (TPSA) is 58.7 Å². The molecule has 0 bridgehead atoms. The molecule has 0 fully saturated rings. The Labute approximate surface area is 196 Å². The number of carbonyl (C=O) groups excluding carboxylic acids is 1. The molecule has 2 heterocycles. The molecular formula is C25H16BrN3O2S. The summed E-state index contributed by atoms with van der Waals surface area (Å²) < 4.78 is 7.24. The van der Waals surface area contributed by atoms with Crippen molar-refractivity contribution < 1.29 is 9.21 Å². The number of carbonyl (C=O) groups is 1. The zero-order chi connectivity index (χ0) is 21.9. The molecule has 32 heavy (non-hydrogen) atoms. The molecule has 0 aliphatic rings. The zero-order valence-corrected chi connectivity index (χ0v) is 19.1. The summed E-state index contributed by atoms with van der Waals surface area (Å²) in [6.07, 6.45) is 3.07. The lowest BCUT2D eigenvalue weighted by atomic mass is 10.0. The fraction of sp³-hybridized carbons (Fsp3) is 0. The number of anilines is 1. The van der Waals surface area contributed by atoms with Crippen molar-refractivity contribution in [2.45, 2.75) is 0 Å². The van der Waals surface area contributed by atoms with Gasteiger partial charge in [-0.2, -0.15) is 10.1 Å². The average Bonchev–Trinajstić information content (AvgIpc) is 3.49. The van der Waals surface area contributed by atoms with E-state index in [4.69, 9.17) is 4.42 Å². The molecule has 0 unspecified atom stereocenters. The second kappa shape index (κ2) is 8.90. The number of fused-ring (bicyclic) bond motifs is 1. The van der Waals surface area contributed by atoms with Crippen LogP contribution in [-0.2, 0) is 0 Å². The van der Waals surface area contributed by atoms with Crippen LogP contribution in [0, 0.1) is 0 Å². The van der Waals surface area contributed by atoms with Crippen LogP contribution in [0.3, 0.4) is 0 Å². The van der Waals surface area contributed by atoms with Crippen molar-refractivity contribution >= 4 is 54.7 Å². The van der Waals surface area contributed by atoms with Gasteiger partial charge in [-0.25, -0.2) is 4.98 Å². The van der Waals surface area contributed by atoms with Crippen molar-refractivity contribution in [3.63, 3.8) is 0 Å². The number of nitrogens with zero attached hydrogens (tertiary/aromatic N) is 3. The van der Waals surface area contributed by atoms with Gasteiger partial charge in [0.15, 0.2) is 0 Å². The first-order valence-corrected chi connectivity index (χ1v) is 11.4. The van der Waals surface area contributed by atoms with E-state index in [9.17, 15) is 4.79 Å². The van der Waals surface area contributed by atoms with E-state index in [1.165, 1.54) is 22.6 Å². The molecule has 5 aromatic rings. The molecule has 3 aromatic carbocycles. The highest BCUT2D eigenvalue weighted by atomic mass is 79.9. The first kappa shape index (κ1) is 20.4. The van der Waals surface area contributed by atoms with Crippen LogP contribution >= 0.6 is 27.3 Å². The third-order valence-corrected chi connectivity index (χ3v) is 6.28. The number of hydrazone groups is 1. The fourth-order valence-corrected chi connectivity index (χ4v) is 4.68. The first-order chi connectivity index (χ1) is 15.7. The molecule has 7 heteroatoms. The Morgan fingerprint density at radius 3 is 2.50 bits per heavy atom. The second-order valence-corrected chi connectivity index (χ2v) is 8.85. The van der Waals surface area contributed by atoms with Crippen LogP contribution in [-0.4, -0.2) is 17.1 Å². The van der Waals surface area contributed by atoms with E-state index < -0.39 is 0 Å². The van der Waals surface area contributed by atoms with Crippen LogP contribution in [0.25, 0.3) is 21.3 Å². The number of hydrogen-bond acceptors (Lipinski definition) is 5. The first-order valence-electron chi connectivity index (χ1n) is 9.81. The molecule has 0 spiro atoms. The average molecular weight is 502 g/mol. The molecule has 156 valence electrons. The number of rotatable bonds is 5. The van der Waals surface area contributed by atoms with Crippen LogP contribution in [0.2, 0.25) is 0 Å². The quantitative estimate of drug-likeness (QED) is 0.192. The Hall–Kier alpha value is -3.55. The predicted molar refractivity (Wildman–Crippen MR) is 132 cm³/mol. The van der Waals surface area contributed by atoms with Gasteiger partial charge >= 0.3 is 0 Å². The van der Waals surface area contributed by atoms with Gasteiger partial charge in [-0.15, -0.1) is 0 Å². The number of thiazole rings is 1. The van der Waals surface area contributed by atoms with Crippen molar-refractivity contribution in [3.05, 3.63) is 107 Å². The van der Waals surface area contributed by atoms with Crippen LogP contribution < -0.4 is 5.01 Å². The maximum atomic E-state index is 13.4. The Morgan fingerprint density at radius 1 is 0.969 bits per heavy atom. The Balaban J connectivity index is 1.51. The molecule has 1 amide bonds. The lowest BCUT2D eigenvalue weighted by Gasteiger charge is -2.14. The zero-order valence-electron chi connectivity index (χ0n) is 16.7. The third kappa shape index (κ3) is 4.26. The monoisotopic (exact) mass is 501 g/mol. The van der Waals surface area contributed by atoms with Gasteiger partial charge in [0.25, 0.3) is 5.91 Å². The number of hydrogen-bond donors (Lipinski definition) is 0. The summed E-state index contributed by atoms with van der Waals surface area (Å²) in [6, 6.07) is 26.9. The summed E-state index contributed by atoms with van der Waals surface area (Å²) in [7, 11) is 0. The highest BCUT2D eigenvalue weighted by molar-refractivity contribution is 9.10. The minimum absolute atomic E-state index is 0.273. The molecule has 0 aliphatic heterocycles. The molecule has 0 radical (unpaired) electrons. The van der Waals surface area contributed by atoms with Gasteiger partial charge in [0.2, 0.25) is 5.13 Å². The molecule has 5 nitrogen and oxygen atoms in total. The molecular weight excluding hydrogens is 486 g/mol. The molecule has 5 rings (SSSR count). The van der Waals surface area contributed by atoms with Crippen LogP contribution in [0.15, 0.2) is 105 Å². The summed E-state index contributed by atoms with van der Waals surface area (Å²) in [4.78, 5) is 18.1. The molecule has 0 saturated heterocycles. The van der Waals surface area contributed by atoms with E-state index in [0.29, 0.717) is 16.5 Å². The van der Waals surface area contributed by atoms with Gasteiger partial charge in [0.1, 0.15) is 5.76 Å². The molecule has 2 aromatic heterocycles. The number of halogens is 1. The van der Waals surface area contributed by atoms with Crippen LogP contribution in [0.5, 0.6) is 0 Å². The second-order valence-electron chi connectivity index (χ2n) is 6.93. The maximum absolute atomic E-state index is 13.4.